The van der Waals surface area contributed by atoms with E-state index in [4.69, 9.17) is 4.42 Å². The minimum Gasteiger partial charge on any atom is -0.456 e. The molecule has 262 valence electrons. The van der Waals surface area contributed by atoms with E-state index in [2.05, 4.69) is 202 Å². The summed E-state index contributed by atoms with van der Waals surface area (Å²) in [6.07, 6.45) is 0. The van der Waals surface area contributed by atoms with Gasteiger partial charge in [-0.2, -0.15) is 0 Å². The highest BCUT2D eigenvalue weighted by atomic mass is 16.3. The first-order chi connectivity index (χ1) is 27.8. The van der Waals surface area contributed by atoms with Crippen LogP contribution in [-0.2, 0) is 0 Å². The van der Waals surface area contributed by atoms with E-state index in [9.17, 15) is 0 Å². The molecule has 0 aliphatic heterocycles. The van der Waals surface area contributed by atoms with E-state index >= 15 is 0 Å². The van der Waals surface area contributed by atoms with Crippen molar-refractivity contribution >= 4 is 93.4 Å². The highest BCUT2D eigenvalue weighted by Crippen LogP contribution is 2.46. The van der Waals surface area contributed by atoms with Crippen molar-refractivity contribution in [3.05, 3.63) is 200 Å². The Morgan fingerprint density at radius 1 is 0.357 bits per heavy atom. The fraction of sp³-hybridized carbons (Fsp3) is 0. The summed E-state index contributed by atoms with van der Waals surface area (Å²) < 4.78 is 11.4. The number of hydrogen-bond acceptors (Lipinski definition) is 2. The van der Waals surface area contributed by atoms with E-state index in [0.29, 0.717) is 0 Å². The molecule has 0 aliphatic rings. The molecule has 12 aromatic rings. The molecular formula is C52H33N3O. The van der Waals surface area contributed by atoms with Gasteiger partial charge in [-0.1, -0.05) is 121 Å². The molecule has 0 saturated heterocycles. The number of rotatable bonds is 5. The summed E-state index contributed by atoms with van der Waals surface area (Å²) in [6.45, 7) is 0. The minimum atomic E-state index is 0.860. The Hall–Kier alpha value is -7.56. The van der Waals surface area contributed by atoms with Gasteiger partial charge >= 0.3 is 0 Å². The zero-order valence-electron chi connectivity index (χ0n) is 30.3. The molecule has 3 aromatic heterocycles. The van der Waals surface area contributed by atoms with Crippen LogP contribution < -0.4 is 4.90 Å². The number of hydrogen-bond donors (Lipinski definition) is 0. The maximum atomic E-state index is 6.53. The molecule has 0 aliphatic carbocycles. The van der Waals surface area contributed by atoms with E-state index in [1.165, 1.54) is 43.4 Å². The Morgan fingerprint density at radius 2 is 0.946 bits per heavy atom. The molecule has 0 unspecified atom stereocenters. The average molecular weight is 716 g/mol. The van der Waals surface area contributed by atoms with E-state index in [1.54, 1.807) is 0 Å². The molecule has 0 atom stereocenters. The molecule has 3 heterocycles. The zero-order chi connectivity index (χ0) is 36.7. The van der Waals surface area contributed by atoms with Crippen molar-refractivity contribution in [2.45, 2.75) is 0 Å². The van der Waals surface area contributed by atoms with Crippen molar-refractivity contribution in [2.75, 3.05) is 4.90 Å². The van der Waals surface area contributed by atoms with Crippen LogP contribution in [0.2, 0.25) is 0 Å². The Morgan fingerprint density at radius 3 is 1.80 bits per heavy atom. The highest BCUT2D eigenvalue weighted by molar-refractivity contribution is 6.18. The van der Waals surface area contributed by atoms with Gasteiger partial charge in [0, 0.05) is 60.8 Å². The van der Waals surface area contributed by atoms with E-state index < -0.39 is 0 Å². The molecule has 56 heavy (non-hydrogen) atoms. The summed E-state index contributed by atoms with van der Waals surface area (Å²) in [5.74, 6) is 0. The molecule has 4 nitrogen and oxygen atoms in total. The molecule has 0 amide bonds. The second-order valence-corrected chi connectivity index (χ2v) is 14.5. The second kappa shape index (κ2) is 12.0. The van der Waals surface area contributed by atoms with Crippen LogP contribution in [0, 0.1) is 0 Å². The first-order valence-electron chi connectivity index (χ1n) is 19.1. The van der Waals surface area contributed by atoms with E-state index in [1.807, 2.05) is 12.1 Å². The van der Waals surface area contributed by atoms with Gasteiger partial charge in [0.15, 0.2) is 0 Å². The van der Waals surface area contributed by atoms with Crippen molar-refractivity contribution in [3.63, 3.8) is 0 Å². The van der Waals surface area contributed by atoms with Gasteiger partial charge in [0.1, 0.15) is 11.2 Å². The van der Waals surface area contributed by atoms with Gasteiger partial charge in [-0.25, -0.2) is 0 Å². The number of para-hydroxylation sites is 4. The van der Waals surface area contributed by atoms with Gasteiger partial charge in [-0.15, -0.1) is 0 Å². The molecule has 0 radical (unpaired) electrons. The summed E-state index contributed by atoms with van der Waals surface area (Å²) in [7, 11) is 0. The quantitative estimate of drug-likeness (QED) is 0.177. The average Bonchev–Trinajstić information content (AvgIpc) is 3.91. The summed E-state index contributed by atoms with van der Waals surface area (Å²) in [5.41, 5.74) is 11.9. The van der Waals surface area contributed by atoms with Crippen LogP contribution in [0.25, 0.3) is 87.7 Å². The van der Waals surface area contributed by atoms with Crippen LogP contribution in [0.15, 0.2) is 205 Å². The monoisotopic (exact) mass is 715 g/mol. The molecule has 0 saturated carbocycles. The molecule has 0 bridgehead atoms. The fourth-order valence-corrected chi connectivity index (χ4v) is 9.08. The first kappa shape index (κ1) is 30.9. The molecule has 12 rings (SSSR count). The third kappa shape index (κ3) is 4.47. The summed E-state index contributed by atoms with van der Waals surface area (Å²) in [6, 6.07) is 72.1. The third-order valence-corrected chi connectivity index (χ3v) is 11.5. The van der Waals surface area contributed by atoms with E-state index in [-0.39, 0.29) is 0 Å². The molecule has 4 heteroatoms. The topological polar surface area (TPSA) is 26.2 Å². The minimum absolute atomic E-state index is 0.860. The van der Waals surface area contributed by atoms with Crippen molar-refractivity contribution in [1.82, 2.24) is 9.13 Å². The van der Waals surface area contributed by atoms with Crippen molar-refractivity contribution in [3.8, 4) is 11.4 Å². The number of aromatic nitrogens is 2. The lowest BCUT2D eigenvalue weighted by atomic mass is 10.1. The molecule has 0 fully saturated rings. The van der Waals surface area contributed by atoms with Crippen LogP contribution in [-0.4, -0.2) is 9.13 Å². The summed E-state index contributed by atoms with van der Waals surface area (Å²) in [5, 5.41) is 9.48. The van der Waals surface area contributed by atoms with Crippen LogP contribution in [0.4, 0.5) is 17.1 Å². The Bertz CT molecular complexity index is 3490. The van der Waals surface area contributed by atoms with Gasteiger partial charge in [0.2, 0.25) is 0 Å². The second-order valence-electron chi connectivity index (χ2n) is 14.5. The standard InChI is InChI=1S/C52H33N3O/c1-2-16-35(17-3-1)54-45-22-9-6-19-39(45)40-30-28-36(32-49(40)54)53(37-29-31-42-41-20-8-11-27-50(41)56-51(42)33-37)47-25-13-26-48-52(47)43-21-7-10-23-46(43)55(48)44-24-12-15-34-14-4-5-18-38(34)44/h1-33H. The van der Waals surface area contributed by atoms with Crippen LogP contribution >= 0.6 is 0 Å². The van der Waals surface area contributed by atoms with Crippen molar-refractivity contribution in [2.24, 2.45) is 0 Å². The van der Waals surface area contributed by atoms with Crippen LogP contribution in [0.3, 0.4) is 0 Å². The predicted octanol–water partition coefficient (Wildman–Crippen LogP) is 14.4. The number of anilines is 3. The molecule has 0 N–H and O–H groups in total. The lowest BCUT2D eigenvalue weighted by Crippen LogP contribution is -2.10. The number of furan rings is 1. The SMILES string of the molecule is c1ccc(-n2c3ccccc3c3ccc(N(c4ccc5c(c4)oc4ccccc45)c4cccc5c4c4ccccc4n5-c4cccc5ccccc45)cc32)cc1. The van der Waals surface area contributed by atoms with E-state index in [0.717, 1.165) is 61.4 Å². The lowest BCUT2D eigenvalue weighted by Gasteiger charge is -2.27. The van der Waals surface area contributed by atoms with Crippen molar-refractivity contribution < 1.29 is 4.42 Å². The Kier molecular flexibility index (Phi) is 6.60. The zero-order valence-corrected chi connectivity index (χ0v) is 30.3. The normalized spacial score (nSPS) is 11.9. The van der Waals surface area contributed by atoms with Gasteiger partial charge in [-0.05, 0) is 78.2 Å². The maximum Gasteiger partial charge on any atom is 0.137 e. The summed E-state index contributed by atoms with van der Waals surface area (Å²) in [4.78, 5) is 2.42. The molecular weight excluding hydrogens is 683 g/mol. The van der Waals surface area contributed by atoms with Crippen molar-refractivity contribution in [1.29, 1.82) is 0 Å². The smallest absolute Gasteiger partial charge is 0.137 e. The molecule has 0 spiro atoms. The highest BCUT2D eigenvalue weighted by Gasteiger charge is 2.24. The number of benzene rings is 9. The van der Waals surface area contributed by atoms with Gasteiger partial charge < -0.3 is 18.5 Å². The molecule has 9 aromatic carbocycles. The largest absolute Gasteiger partial charge is 0.456 e. The third-order valence-electron chi connectivity index (χ3n) is 11.5. The number of nitrogens with zero attached hydrogens (tertiary/aromatic N) is 3. The van der Waals surface area contributed by atoms with Gasteiger partial charge in [0.05, 0.1) is 33.4 Å². The number of fused-ring (bicyclic) bond motifs is 10. The van der Waals surface area contributed by atoms with Gasteiger partial charge in [0.25, 0.3) is 0 Å². The predicted molar refractivity (Wildman–Crippen MR) is 235 cm³/mol. The van der Waals surface area contributed by atoms with Gasteiger partial charge in [-0.3, -0.25) is 0 Å². The Labute approximate surface area is 322 Å². The lowest BCUT2D eigenvalue weighted by molar-refractivity contribution is 0.669. The summed E-state index contributed by atoms with van der Waals surface area (Å²) >= 11 is 0. The fourth-order valence-electron chi connectivity index (χ4n) is 9.08. The first-order valence-corrected chi connectivity index (χ1v) is 19.1. The van der Waals surface area contributed by atoms with Crippen LogP contribution in [0.1, 0.15) is 0 Å². The Balaban J connectivity index is 1.18. The van der Waals surface area contributed by atoms with Crippen LogP contribution in [0.5, 0.6) is 0 Å². The maximum absolute atomic E-state index is 6.53.